The van der Waals surface area contributed by atoms with Gasteiger partial charge in [-0.15, -0.1) is 0 Å². The predicted molar refractivity (Wildman–Crippen MR) is 140 cm³/mol. The Morgan fingerprint density at radius 1 is 0.794 bits per heavy atom. The van der Waals surface area contributed by atoms with E-state index in [9.17, 15) is 4.79 Å². The van der Waals surface area contributed by atoms with Crippen molar-refractivity contribution in [2.24, 2.45) is 0 Å². The monoisotopic (exact) mass is 460 g/mol. The van der Waals surface area contributed by atoms with E-state index in [1.165, 1.54) is 54.5 Å². The van der Waals surface area contributed by atoms with Gasteiger partial charge in [0.15, 0.2) is 0 Å². The molecule has 182 valence electrons. The van der Waals surface area contributed by atoms with Crippen molar-refractivity contribution in [3.63, 3.8) is 0 Å². The number of benzene rings is 2. The van der Waals surface area contributed by atoms with Gasteiger partial charge in [0, 0.05) is 64.1 Å². The molecule has 1 saturated carbocycles. The van der Waals surface area contributed by atoms with Crippen LogP contribution in [0.2, 0.25) is 0 Å². The molecule has 0 aromatic heterocycles. The Morgan fingerprint density at radius 2 is 1.50 bits per heavy atom. The summed E-state index contributed by atoms with van der Waals surface area (Å²) in [6, 6.07) is 18.4. The van der Waals surface area contributed by atoms with E-state index in [2.05, 4.69) is 75.1 Å². The van der Waals surface area contributed by atoms with Crippen molar-refractivity contribution < 1.29 is 4.79 Å². The van der Waals surface area contributed by atoms with Crippen molar-refractivity contribution in [1.29, 1.82) is 0 Å². The first kappa shape index (κ1) is 23.4. The number of piperazine rings is 2. The third-order valence-corrected chi connectivity index (χ3v) is 8.09. The van der Waals surface area contributed by atoms with Gasteiger partial charge in [-0.2, -0.15) is 0 Å². The summed E-state index contributed by atoms with van der Waals surface area (Å²) >= 11 is 0. The highest BCUT2D eigenvalue weighted by Crippen LogP contribution is 2.26. The molecule has 0 bridgehead atoms. The van der Waals surface area contributed by atoms with E-state index >= 15 is 0 Å². The summed E-state index contributed by atoms with van der Waals surface area (Å²) < 4.78 is 0. The van der Waals surface area contributed by atoms with Crippen LogP contribution in [-0.2, 0) is 4.79 Å². The Kier molecular flexibility index (Phi) is 7.51. The summed E-state index contributed by atoms with van der Waals surface area (Å²) in [4.78, 5) is 22.5. The Labute approximate surface area is 205 Å². The molecule has 0 N–H and O–H groups in total. The number of aryl methyl sites for hydroxylation is 1. The zero-order chi connectivity index (χ0) is 23.3. The predicted octanol–water partition coefficient (Wildman–Crippen LogP) is 4.26. The fourth-order valence-corrected chi connectivity index (χ4v) is 5.87. The van der Waals surface area contributed by atoms with Crippen LogP contribution in [0.25, 0.3) is 11.1 Å². The maximum Gasteiger partial charge on any atom is 0.236 e. The van der Waals surface area contributed by atoms with Crippen LogP contribution in [0, 0.1) is 6.92 Å². The number of carbonyl (C=O) groups is 1. The summed E-state index contributed by atoms with van der Waals surface area (Å²) in [5.74, 6) is 0.318. The number of anilines is 1. The molecule has 2 saturated heterocycles. The minimum absolute atomic E-state index is 0.318. The number of nitrogens with zero attached hydrogens (tertiary/aromatic N) is 4. The Hall–Kier alpha value is -2.37. The normalized spacial score (nSPS) is 21.1. The molecule has 1 amide bonds. The van der Waals surface area contributed by atoms with Gasteiger partial charge in [0.2, 0.25) is 5.91 Å². The van der Waals surface area contributed by atoms with E-state index < -0.39 is 0 Å². The van der Waals surface area contributed by atoms with Crippen LogP contribution in [0.15, 0.2) is 48.5 Å². The molecule has 0 spiro atoms. The molecule has 5 nitrogen and oxygen atoms in total. The zero-order valence-electron chi connectivity index (χ0n) is 20.8. The smallest absolute Gasteiger partial charge is 0.236 e. The van der Waals surface area contributed by atoms with Gasteiger partial charge in [-0.05, 0) is 43.0 Å². The quantitative estimate of drug-likeness (QED) is 0.667. The first-order chi connectivity index (χ1) is 16.7. The minimum atomic E-state index is 0.318. The van der Waals surface area contributed by atoms with Gasteiger partial charge in [0.25, 0.3) is 0 Å². The van der Waals surface area contributed by atoms with Crippen LogP contribution in [0.5, 0.6) is 0 Å². The van der Waals surface area contributed by atoms with Gasteiger partial charge >= 0.3 is 0 Å². The van der Waals surface area contributed by atoms with Crippen LogP contribution < -0.4 is 4.90 Å². The fraction of sp³-hybridized carbons (Fsp3) is 0.552. The van der Waals surface area contributed by atoms with E-state index in [1.54, 1.807) is 0 Å². The van der Waals surface area contributed by atoms with Crippen LogP contribution in [0.3, 0.4) is 0 Å². The lowest BCUT2D eigenvalue weighted by molar-refractivity contribution is -0.134. The molecule has 0 unspecified atom stereocenters. The lowest BCUT2D eigenvalue weighted by atomic mass is 9.94. The molecule has 34 heavy (non-hydrogen) atoms. The van der Waals surface area contributed by atoms with Gasteiger partial charge in [-0.25, -0.2) is 0 Å². The summed E-state index contributed by atoms with van der Waals surface area (Å²) in [5.41, 5.74) is 5.10. The number of amides is 1. The molecular formula is C29H40N4O. The van der Waals surface area contributed by atoms with Crippen molar-refractivity contribution >= 4 is 11.6 Å². The highest BCUT2D eigenvalue weighted by atomic mass is 16.2. The number of carbonyl (C=O) groups excluding carboxylic acids is 1. The SMILES string of the molecule is Cc1ccc(-c2cccc(N3CCN(CC(=O)N4CCN(C5CCCCC5)CC4)CC3)c2)cc1. The standard InChI is InChI=1S/C29H40N4O/c1-24-10-12-25(13-11-24)26-6-5-9-28(22-26)32-16-14-30(15-17-32)23-29(34)33-20-18-31(19-21-33)27-7-3-2-4-8-27/h5-6,9-13,22,27H,2-4,7-8,14-21,23H2,1H3. The highest BCUT2D eigenvalue weighted by Gasteiger charge is 2.28. The molecular weight excluding hydrogens is 420 g/mol. The Balaban J connectivity index is 1.09. The second-order valence-corrected chi connectivity index (χ2v) is 10.4. The third kappa shape index (κ3) is 5.64. The molecule has 2 aromatic carbocycles. The lowest BCUT2D eigenvalue weighted by Crippen LogP contribution is -2.55. The van der Waals surface area contributed by atoms with Crippen LogP contribution in [-0.4, -0.2) is 85.6 Å². The van der Waals surface area contributed by atoms with Gasteiger partial charge < -0.3 is 9.80 Å². The summed E-state index contributed by atoms with van der Waals surface area (Å²) in [7, 11) is 0. The van der Waals surface area contributed by atoms with Crippen LogP contribution in [0.1, 0.15) is 37.7 Å². The van der Waals surface area contributed by atoms with E-state index in [4.69, 9.17) is 0 Å². The van der Waals surface area contributed by atoms with Crippen molar-refractivity contribution in [1.82, 2.24) is 14.7 Å². The number of hydrogen-bond acceptors (Lipinski definition) is 4. The van der Waals surface area contributed by atoms with Crippen LogP contribution >= 0.6 is 0 Å². The molecule has 2 aliphatic heterocycles. The topological polar surface area (TPSA) is 30.0 Å². The molecule has 2 heterocycles. The highest BCUT2D eigenvalue weighted by molar-refractivity contribution is 5.78. The molecule has 2 aromatic rings. The molecule has 5 rings (SSSR count). The van der Waals surface area contributed by atoms with Crippen molar-refractivity contribution in [2.75, 3.05) is 63.8 Å². The van der Waals surface area contributed by atoms with E-state index in [0.29, 0.717) is 12.5 Å². The van der Waals surface area contributed by atoms with Crippen molar-refractivity contribution in [3.05, 3.63) is 54.1 Å². The van der Waals surface area contributed by atoms with Gasteiger partial charge in [-0.3, -0.25) is 14.6 Å². The van der Waals surface area contributed by atoms with E-state index in [1.807, 2.05) is 0 Å². The number of rotatable bonds is 5. The molecule has 1 aliphatic carbocycles. The molecule has 5 heteroatoms. The Morgan fingerprint density at radius 3 is 2.21 bits per heavy atom. The second kappa shape index (κ2) is 10.9. The van der Waals surface area contributed by atoms with Crippen molar-refractivity contribution in [3.8, 4) is 11.1 Å². The van der Waals surface area contributed by atoms with Crippen molar-refractivity contribution in [2.45, 2.75) is 45.1 Å². The maximum atomic E-state index is 13.0. The molecule has 3 aliphatic rings. The molecule has 3 fully saturated rings. The minimum Gasteiger partial charge on any atom is -0.369 e. The Bertz CT molecular complexity index is 937. The third-order valence-electron chi connectivity index (χ3n) is 8.09. The van der Waals surface area contributed by atoms with Gasteiger partial charge in [0.1, 0.15) is 0 Å². The fourth-order valence-electron chi connectivity index (χ4n) is 5.87. The first-order valence-electron chi connectivity index (χ1n) is 13.3. The average Bonchev–Trinajstić information content (AvgIpc) is 2.90. The molecule has 0 radical (unpaired) electrons. The van der Waals surface area contributed by atoms with Gasteiger partial charge in [0.05, 0.1) is 6.54 Å². The summed E-state index contributed by atoms with van der Waals surface area (Å²) in [6.07, 6.45) is 6.87. The van der Waals surface area contributed by atoms with E-state index in [-0.39, 0.29) is 0 Å². The summed E-state index contributed by atoms with van der Waals surface area (Å²) in [5, 5.41) is 0. The van der Waals surface area contributed by atoms with Gasteiger partial charge in [-0.1, -0.05) is 61.2 Å². The lowest BCUT2D eigenvalue weighted by Gasteiger charge is -2.41. The second-order valence-electron chi connectivity index (χ2n) is 10.4. The van der Waals surface area contributed by atoms with Crippen LogP contribution in [0.4, 0.5) is 5.69 Å². The van der Waals surface area contributed by atoms with E-state index in [0.717, 1.165) is 58.4 Å². The first-order valence-corrected chi connectivity index (χ1v) is 13.3. The molecule has 0 atom stereocenters. The maximum absolute atomic E-state index is 13.0. The summed E-state index contributed by atoms with van der Waals surface area (Å²) in [6.45, 7) is 10.5. The average molecular weight is 461 g/mol. The largest absolute Gasteiger partial charge is 0.369 e. The number of hydrogen-bond donors (Lipinski definition) is 0. The zero-order valence-corrected chi connectivity index (χ0v) is 20.8.